The summed E-state index contributed by atoms with van der Waals surface area (Å²) in [6.45, 7) is 0. The third-order valence-corrected chi connectivity index (χ3v) is 2.64. The molecule has 1 atom stereocenters. The van der Waals surface area contributed by atoms with Crippen LogP contribution in [-0.4, -0.2) is 10.1 Å². The molecule has 1 unspecified atom stereocenters. The second-order valence-corrected chi connectivity index (χ2v) is 3.42. The van der Waals surface area contributed by atoms with Crippen LogP contribution in [0.5, 0.6) is 0 Å². The van der Waals surface area contributed by atoms with Crippen LogP contribution in [0.4, 0.5) is 0 Å². The first-order valence-electron chi connectivity index (χ1n) is 4.46. The van der Waals surface area contributed by atoms with Crippen LogP contribution in [0.25, 0.3) is 0 Å². The minimum Gasteiger partial charge on any atom is -0.388 e. The summed E-state index contributed by atoms with van der Waals surface area (Å²) >= 11 is 0. The van der Waals surface area contributed by atoms with Gasteiger partial charge < -0.3 is 5.11 Å². The molecule has 1 aromatic heterocycles. The van der Waals surface area contributed by atoms with Gasteiger partial charge in [0.05, 0.1) is 6.10 Å². The number of hydrogen-bond acceptors (Lipinski definition) is 2. The molecule has 1 saturated carbocycles. The summed E-state index contributed by atoms with van der Waals surface area (Å²) in [5.41, 5.74) is 1.01. The first-order valence-corrected chi connectivity index (χ1v) is 4.46. The van der Waals surface area contributed by atoms with Crippen molar-refractivity contribution in [1.82, 2.24) is 4.98 Å². The van der Waals surface area contributed by atoms with Crippen molar-refractivity contribution in [2.75, 3.05) is 0 Å². The average molecular weight is 163 g/mol. The summed E-state index contributed by atoms with van der Waals surface area (Å²) in [7, 11) is 0. The summed E-state index contributed by atoms with van der Waals surface area (Å²) in [5.74, 6) is 0.493. The lowest BCUT2D eigenvalue weighted by Gasteiger charge is -2.30. The van der Waals surface area contributed by atoms with Gasteiger partial charge in [-0.1, -0.05) is 6.42 Å². The van der Waals surface area contributed by atoms with Gasteiger partial charge in [0.2, 0.25) is 0 Å². The van der Waals surface area contributed by atoms with Gasteiger partial charge in [-0.15, -0.1) is 0 Å². The predicted molar refractivity (Wildman–Crippen MR) is 46.5 cm³/mol. The van der Waals surface area contributed by atoms with Crippen LogP contribution in [0.1, 0.15) is 30.9 Å². The lowest BCUT2D eigenvalue weighted by atomic mass is 9.79. The lowest BCUT2D eigenvalue weighted by Crippen LogP contribution is -2.19. The highest BCUT2D eigenvalue weighted by atomic mass is 16.3. The Balaban J connectivity index is 2.08. The Kier molecular flexibility index (Phi) is 2.09. The maximum absolute atomic E-state index is 9.81. The highest BCUT2D eigenvalue weighted by Crippen LogP contribution is 2.37. The minimum absolute atomic E-state index is 0.262. The number of nitrogens with zero attached hydrogens (tertiary/aromatic N) is 1. The van der Waals surface area contributed by atoms with Crippen molar-refractivity contribution in [1.29, 1.82) is 0 Å². The zero-order valence-electron chi connectivity index (χ0n) is 6.98. The molecule has 1 aliphatic carbocycles. The molecule has 0 bridgehead atoms. The molecule has 0 radical (unpaired) electrons. The Morgan fingerprint density at radius 2 is 2.00 bits per heavy atom. The van der Waals surface area contributed by atoms with E-state index in [0.717, 1.165) is 5.56 Å². The Hall–Kier alpha value is -0.890. The molecule has 0 aliphatic heterocycles. The molecule has 2 nitrogen and oxygen atoms in total. The Bertz CT molecular complexity index is 243. The van der Waals surface area contributed by atoms with Crippen molar-refractivity contribution in [2.24, 2.45) is 5.92 Å². The number of aromatic nitrogens is 1. The van der Waals surface area contributed by atoms with Gasteiger partial charge in [-0.05, 0) is 36.5 Å². The van der Waals surface area contributed by atoms with E-state index in [1.807, 2.05) is 12.1 Å². The molecule has 1 fully saturated rings. The molecular formula is C10H13NO. The molecule has 0 spiro atoms. The van der Waals surface area contributed by atoms with Crippen molar-refractivity contribution in [3.63, 3.8) is 0 Å². The van der Waals surface area contributed by atoms with Crippen LogP contribution < -0.4 is 0 Å². The number of aliphatic hydroxyl groups excluding tert-OH is 1. The minimum atomic E-state index is -0.262. The van der Waals surface area contributed by atoms with E-state index < -0.39 is 0 Å². The van der Waals surface area contributed by atoms with Gasteiger partial charge in [0.1, 0.15) is 0 Å². The van der Waals surface area contributed by atoms with Crippen LogP contribution in [0.2, 0.25) is 0 Å². The van der Waals surface area contributed by atoms with E-state index in [1.165, 1.54) is 19.3 Å². The second-order valence-electron chi connectivity index (χ2n) is 3.42. The quantitative estimate of drug-likeness (QED) is 0.722. The molecule has 0 amide bonds. The summed E-state index contributed by atoms with van der Waals surface area (Å²) in [4.78, 5) is 3.92. The topological polar surface area (TPSA) is 33.1 Å². The van der Waals surface area contributed by atoms with Crippen LogP contribution >= 0.6 is 0 Å². The fraction of sp³-hybridized carbons (Fsp3) is 0.500. The average Bonchev–Trinajstić information content (AvgIpc) is 2.03. The predicted octanol–water partition coefficient (Wildman–Crippen LogP) is 1.92. The number of pyridine rings is 1. The van der Waals surface area contributed by atoms with Crippen LogP contribution in [0.15, 0.2) is 24.5 Å². The Labute approximate surface area is 72.3 Å². The zero-order chi connectivity index (χ0) is 8.39. The fourth-order valence-corrected chi connectivity index (χ4v) is 1.59. The highest BCUT2D eigenvalue weighted by Gasteiger charge is 2.26. The standard InChI is InChI=1S/C10H13NO/c12-10(8-2-1-3-8)9-4-6-11-7-5-9/h4-8,10,12H,1-3H2. The maximum Gasteiger partial charge on any atom is 0.0819 e. The zero-order valence-corrected chi connectivity index (χ0v) is 6.98. The van der Waals surface area contributed by atoms with Gasteiger partial charge in [0.15, 0.2) is 0 Å². The molecule has 0 aromatic carbocycles. The second kappa shape index (κ2) is 3.23. The molecule has 1 aromatic rings. The van der Waals surface area contributed by atoms with E-state index in [-0.39, 0.29) is 6.10 Å². The van der Waals surface area contributed by atoms with Gasteiger partial charge in [-0.3, -0.25) is 4.98 Å². The molecule has 1 aliphatic rings. The van der Waals surface area contributed by atoms with Crippen molar-refractivity contribution in [3.8, 4) is 0 Å². The summed E-state index contributed by atoms with van der Waals surface area (Å²) in [6, 6.07) is 3.78. The van der Waals surface area contributed by atoms with Gasteiger partial charge in [0.25, 0.3) is 0 Å². The van der Waals surface area contributed by atoms with Gasteiger partial charge in [-0.2, -0.15) is 0 Å². The summed E-state index contributed by atoms with van der Waals surface area (Å²) < 4.78 is 0. The van der Waals surface area contributed by atoms with E-state index in [9.17, 15) is 5.11 Å². The maximum atomic E-state index is 9.81. The Morgan fingerprint density at radius 1 is 1.33 bits per heavy atom. The van der Waals surface area contributed by atoms with Gasteiger partial charge in [-0.25, -0.2) is 0 Å². The smallest absolute Gasteiger partial charge is 0.0819 e. The van der Waals surface area contributed by atoms with Crippen molar-refractivity contribution >= 4 is 0 Å². The van der Waals surface area contributed by atoms with E-state index in [1.54, 1.807) is 12.4 Å². The van der Waals surface area contributed by atoms with Gasteiger partial charge >= 0.3 is 0 Å². The largest absolute Gasteiger partial charge is 0.388 e. The van der Waals surface area contributed by atoms with E-state index in [4.69, 9.17) is 0 Å². The van der Waals surface area contributed by atoms with Crippen LogP contribution in [-0.2, 0) is 0 Å². The number of hydrogen-bond donors (Lipinski definition) is 1. The fourth-order valence-electron chi connectivity index (χ4n) is 1.59. The molecule has 2 rings (SSSR count). The molecule has 12 heavy (non-hydrogen) atoms. The molecule has 2 heteroatoms. The highest BCUT2D eigenvalue weighted by molar-refractivity contribution is 5.14. The molecule has 64 valence electrons. The lowest BCUT2D eigenvalue weighted by molar-refractivity contribution is 0.0620. The Morgan fingerprint density at radius 3 is 2.50 bits per heavy atom. The first kappa shape index (κ1) is 7.74. The SMILES string of the molecule is OC(c1ccncc1)C1CCC1. The van der Waals surface area contributed by atoms with Crippen LogP contribution in [0.3, 0.4) is 0 Å². The van der Waals surface area contributed by atoms with E-state index in [0.29, 0.717) is 5.92 Å². The van der Waals surface area contributed by atoms with Crippen molar-refractivity contribution in [2.45, 2.75) is 25.4 Å². The molecule has 1 heterocycles. The van der Waals surface area contributed by atoms with Gasteiger partial charge in [0, 0.05) is 12.4 Å². The van der Waals surface area contributed by atoms with E-state index >= 15 is 0 Å². The number of aliphatic hydroxyl groups is 1. The third kappa shape index (κ3) is 1.34. The van der Waals surface area contributed by atoms with Crippen LogP contribution in [0, 0.1) is 5.92 Å². The molecule has 0 saturated heterocycles. The summed E-state index contributed by atoms with van der Waals surface area (Å²) in [6.07, 6.45) is 6.82. The number of rotatable bonds is 2. The van der Waals surface area contributed by atoms with E-state index in [2.05, 4.69) is 4.98 Å². The van der Waals surface area contributed by atoms with Crippen molar-refractivity contribution < 1.29 is 5.11 Å². The third-order valence-electron chi connectivity index (χ3n) is 2.64. The molecular weight excluding hydrogens is 150 g/mol. The summed E-state index contributed by atoms with van der Waals surface area (Å²) in [5, 5.41) is 9.81. The monoisotopic (exact) mass is 163 g/mol. The first-order chi connectivity index (χ1) is 5.88. The van der Waals surface area contributed by atoms with Crippen molar-refractivity contribution in [3.05, 3.63) is 30.1 Å². The normalized spacial score (nSPS) is 20.1. The molecule has 1 N–H and O–H groups in total.